The third-order valence-electron chi connectivity index (χ3n) is 2.99. The minimum absolute atomic E-state index is 0.0201. The first kappa shape index (κ1) is 16.7. The van der Waals surface area contributed by atoms with E-state index in [1.807, 2.05) is 16.8 Å². The molecule has 0 saturated carbocycles. The molecule has 2 rings (SSSR count). The molecule has 0 aliphatic carbocycles. The Morgan fingerprint density at radius 1 is 1.29 bits per heavy atom. The third-order valence-corrected chi connectivity index (χ3v) is 6.35. The van der Waals surface area contributed by atoms with Gasteiger partial charge in [-0.1, -0.05) is 23.2 Å². The number of thiophene rings is 1. The smallest absolute Gasteiger partial charge is 0.244 e. The second kappa shape index (κ2) is 6.64. The average Bonchev–Trinajstić information content (AvgIpc) is 2.91. The summed E-state index contributed by atoms with van der Waals surface area (Å²) in [5.74, 6) is 0. The third kappa shape index (κ3) is 3.59. The molecule has 0 unspecified atom stereocenters. The van der Waals surface area contributed by atoms with Crippen molar-refractivity contribution in [3.8, 4) is 0 Å². The molecule has 2 N–H and O–H groups in total. The lowest BCUT2D eigenvalue weighted by atomic mass is 10.2. The molecule has 0 aliphatic heterocycles. The van der Waals surface area contributed by atoms with Crippen molar-refractivity contribution in [2.75, 3.05) is 7.05 Å². The van der Waals surface area contributed by atoms with Gasteiger partial charge in [0.15, 0.2) is 0 Å². The normalized spacial score (nSPS) is 12.0. The zero-order valence-corrected chi connectivity index (χ0v) is 14.4. The number of rotatable bonds is 5. The summed E-state index contributed by atoms with van der Waals surface area (Å²) in [4.78, 5) is 0.0201. The second-order valence-electron chi connectivity index (χ2n) is 4.47. The fourth-order valence-electron chi connectivity index (χ4n) is 1.82. The molecule has 0 atom stereocenters. The van der Waals surface area contributed by atoms with Crippen molar-refractivity contribution in [3.05, 3.63) is 50.1 Å². The van der Waals surface area contributed by atoms with Crippen molar-refractivity contribution < 1.29 is 8.42 Å². The van der Waals surface area contributed by atoms with Crippen LogP contribution in [0.15, 0.2) is 33.9 Å². The molecule has 0 saturated heterocycles. The van der Waals surface area contributed by atoms with E-state index in [4.69, 9.17) is 28.9 Å². The summed E-state index contributed by atoms with van der Waals surface area (Å²) >= 11 is 13.5. The van der Waals surface area contributed by atoms with E-state index in [0.717, 1.165) is 5.56 Å². The Kier molecular flexibility index (Phi) is 5.29. The summed E-state index contributed by atoms with van der Waals surface area (Å²) < 4.78 is 26.5. The van der Waals surface area contributed by atoms with Gasteiger partial charge < -0.3 is 5.73 Å². The Balaban J connectivity index is 2.39. The summed E-state index contributed by atoms with van der Waals surface area (Å²) in [5, 5.41) is 4.26. The molecular formula is C13H14Cl2N2O2S2. The van der Waals surface area contributed by atoms with Gasteiger partial charge in [-0.25, -0.2) is 8.42 Å². The van der Waals surface area contributed by atoms with Gasteiger partial charge in [0.2, 0.25) is 10.0 Å². The molecule has 4 nitrogen and oxygen atoms in total. The molecule has 0 bridgehead atoms. The number of nitrogens with two attached hydrogens (primary N) is 1. The highest BCUT2D eigenvalue weighted by atomic mass is 35.5. The van der Waals surface area contributed by atoms with Crippen LogP contribution in [0.1, 0.15) is 11.1 Å². The van der Waals surface area contributed by atoms with Gasteiger partial charge >= 0.3 is 0 Å². The lowest BCUT2D eigenvalue weighted by molar-refractivity contribution is 0.467. The van der Waals surface area contributed by atoms with Gasteiger partial charge in [-0.2, -0.15) is 15.6 Å². The number of hydrogen-bond donors (Lipinski definition) is 1. The van der Waals surface area contributed by atoms with E-state index in [9.17, 15) is 8.42 Å². The topological polar surface area (TPSA) is 63.4 Å². The van der Waals surface area contributed by atoms with E-state index < -0.39 is 10.0 Å². The summed E-state index contributed by atoms with van der Waals surface area (Å²) in [7, 11) is -2.19. The summed E-state index contributed by atoms with van der Waals surface area (Å²) in [6.45, 7) is 0.426. The van der Waals surface area contributed by atoms with Crippen LogP contribution in [0.2, 0.25) is 10.0 Å². The van der Waals surface area contributed by atoms with Gasteiger partial charge in [-0.15, -0.1) is 0 Å². The molecule has 1 aromatic carbocycles. The van der Waals surface area contributed by atoms with E-state index in [0.29, 0.717) is 10.6 Å². The maximum atomic E-state index is 12.6. The number of nitrogens with zero attached hydrogens (tertiary/aromatic N) is 1. The second-order valence-corrected chi connectivity index (χ2v) is 8.08. The Labute approximate surface area is 138 Å². The van der Waals surface area contributed by atoms with E-state index >= 15 is 0 Å². The molecule has 0 fully saturated rings. The Morgan fingerprint density at radius 3 is 2.57 bits per heavy atom. The maximum absolute atomic E-state index is 12.6. The molecular weight excluding hydrogens is 351 g/mol. The first-order valence-electron chi connectivity index (χ1n) is 6.01. The van der Waals surface area contributed by atoms with Crippen LogP contribution in [0.5, 0.6) is 0 Å². The SMILES string of the molecule is CN(Cc1ccsc1)S(=O)(=O)c1cc(CN)c(Cl)cc1Cl. The predicted molar refractivity (Wildman–Crippen MR) is 87.3 cm³/mol. The van der Waals surface area contributed by atoms with Crippen molar-refractivity contribution in [1.29, 1.82) is 0 Å². The minimum Gasteiger partial charge on any atom is -0.326 e. The predicted octanol–water partition coefficient (Wildman–Crippen LogP) is 3.33. The Hall–Kier alpha value is -0.630. The van der Waals surface area contributed by atoms with Gasteiger partial charge in [0.05, 0.1) is 5.02 Å². The standard InChI is InChI=1S/C13H14Cl2N2O2S2/c1-17(7-9-2-3-20-8-9)21(18,19)13-4-10(6-16)11(14)5-12(13)15/h2-5,8H,6-7,16H2,1H3. The zero-order valence-electron chi connectivity index (χ0n) is 11.2. The van der Waals surface area contributed by atoms with Crippen LogP contribution in [0.4, 0.5) is 0 Å². The highest BCUT2D eigenvalue weighted by Gasteiger charge is 2.25. The molecule has 0 amide bonds. The van der Waals surface area contributed by atoms with Crippen LogP contribution in [0.25, 0.3) is 0 Å². The van der Waals surface area contributed by atoms with E-state index in [2.05, 4.69) is 0 Å². The Bertz CT molecular complexity index is 731. The van der Waals surface area contributed by atoms with E-state index in [-0.39, 0.29) is 23.0 Å². The largest absolute Gasteiger partial charge is 0.326 e. The monoisotopic (exact) mass is 364 g/mol. The van der Waals surface area contributed by atoms with Crippen molar-refractivity contribution in [3.63, 3.8) is 0 Å². The van der Waals surface area contributed by atoms with E-state index in [1.54, 1.807) is 0 Å². The summed E-state index contributed by atoms with van der Waals surface area (Å²) in [6, 6.07) is 4.73. The van der Waals surface area contributed by atoms with E-state index in [1.165, 1.54) is 34.8 Å². The number of sulfonamides is 1. The summed E-state index contributed by atoms with van der Waals surface area (Å²) in [6.07, 6.45) is 0. The molecule has 21 heavy (non-hydrogen) atoms. The quantitative estimate of drug-likeness (QED) is 0.884. The van der Waals surface area contributed by atoms with Crippen molar-refractivity contribution in [2.24, 2.45) is 5.73 Å². The van der Waals surface area contributed by atoms with Crippen LogP contribution in [-0.4, -0.2) is 19.8 Å². The first-order valence-corrected chi connectivity index (χ1v) is 9.15. The van der Waals surface area contributed by atoms with Gasteiger partial charge in [-0.05, 0) is 40.1 Å². The zero-order chi connectivity index (χ0) is 15.6. The molecule has 8 heteroatoms. The van der Waals surface area contributed by atoms with Gasteiger partial charge in [0, 0.05) is 25.2 Å². The van der Waals surface area contributed by atoms with Crippen molar-refractivity contribution in [1.82, 2.24) is 4.31 Å². The molecule has 0 radical (unpaired) electrons. The van der Waals surface area contributed by atoms with Crippen LogP contribution in [0.3, 0.4) is 0 Å². The Morgan fingerprint density at radius 2 is 2.00 bits per heavy atom. The summed E-state index contributed by atoms with van der Waals surface area (Å²) in [5.41, 5.74) is 7.04. The highest BCUT2D eigenvalue weighted by molar-refractivity contribution is 7.89. The lowest BCUT2D eigenvalue weighted by Gasteiger charge is -2.18. The molecule has 1 heterocycles. The average molecular weight is 365 g/mol. The molecule has 0 aliphatic rings. The number of benzene rings is 1. The number of hydrogen-bond acceptors (Lipinski definition) is 4. The fourth-order valence-corrected chi connectivity index (χ4v) is 4.48. The van der Waals surface area contributed by atoms with Crippen molar-refractivity contribution in [2.45, 2.75) is 18.0 Å². The van der Waals surface area contributed by atoms with Crippen LogP contribution >= 0.6 is 34.5 Å². The number of halogens is 2. The molecule has 0 spiro atoms. The molecule has 2 aromatic rings. The first-order chi connectivity index (χ1) is 9.86. The highest BCUT2D eigenvalue weighted by Crippen LogP contribution is 2.30. The minimum atomic E-state index is -3.70. The fraction of sp³-hybridized carbons (Fsp3) is 0.231. The molecule has 1 aromatic heterocycles. The maximum Gasteiger partial charge on any atom is 0.244 e. The lowest BCUT2D eigenvalue weighted by Crippen LogP contribution is -2.26. The van der Waals surface area contributed by atoms with Crippen molar-refractivity contribution >= 4 is 44.6 Å². The van der Waals surface area contributed by atoms with Crippen LogP contribution < -0.4 is 5.73 Å². The van der Waals surface area contributed by atoms with Crippen LogP contribution in [0, 0.1) is 0 Å². The van der Waals surface area contributed by atoms with Gasteiger partial charge in [0.25, 0.3) is 0 Å². The van der Waals surface area contributed by atoms with Gasteiger partial charge in [-0.3, -0.25) is 0 Å². The van der Waals surface area contributed by atoms with Crippen LogP contribution in [-0.2, 0) is 23.1 Å². The molecule has 114 valence electrons. The van der Waals surface area contributed by atoms with Gasteiger partial charge in [0.1, 0.15) is 4.90 Å².